The van der Waals surface area contributed by atoms with Crippen LogP contribution in [-0.2, 0) is 10.9 Å². The summed E-state index contributed by atoms with van der Waals surface area (Å²) < 4.78 is 42.3. The smallest absolute Gasteiger partial charge is 0.377 e. The Morgan fingerprint density at radius 3 is 1.94 bits per heavy atom. The van der Waals surface area contributed by atoms with Gasteiger partial charge in [0.15, 0.2) is 0 Å². The molecule has 0 aromatic heterocycles. The van der Waals surface area contributed by atoms with Crippen molar-refractivity contribution in [2.45, 2.75) is 31.7 Å². The molecule has 0 bridgehead atoms. The third kappa shape index (κ3) is 3.20. The highest BCUT2D eigenvalue weighted by Gasteiger charge is 2.31. The summed E-state index contributed by atoms with van der Waals surface area (Å²) in [5, 5.41) is 0. The van der Waals surface area contributed by atoms with Gasteiger partial charge in [-0.25, -0.2) is 0 Å². The second-order valence-electron chi connectivity index (χ2n) is 4.41. The molecule has 1 unspecified atom stereocenters. The molecule has 0 saturated heterocycles. The zero-order valence-corrected chi connectivity index (χ0v) is 10.0. The molecule has 1 rings (SSSR count). The Morgan fingerprint density at radius 2 is 1.59 bits per heavy atom. The van der Waals surface area contributed by atoms with Crippen LogP contribution in [0.3, 0.4) is 0 Å². The van der Waals surface area contributed by atoms with E-state index < -0.39 is 23.4 Å². The van der Waals surface area contributed by atoms with Crippen LogP contribution in [-0.4, -0.2) is 12.7 Å². The maximum atomic E-state index is 12.4. The van der Waals surface area contributed by atoms with E-state index in [1.54, 1.807) is 13.8 Å². The van der Waals surface area contributed by atoms with Gasteiger partial charge in [-0.05, 0) is 31.5 Å². The van der Waals surface area contributed by atoms with Crippen molar-refractivity contribution in [1.82, 2.24) is 0 Å². The molecule has 17 heavy (non-hydrogen) atoms. The van der Waals surface area contributed by atoms with E-state index in [1.807, 2.05) is 0 Å². The van der Waals surface area contributed by atoms with E-state index in [2.05, 4.69) is 0 Å². The molecule has 0 radical (unpaired) electrons. The topological polar surface area (TPSA) is 35.2 Å². The van der Waals surface area contributed by atoms with Crippen LogP contribution < -0.4 is 5.73 Å². The molecule has 5 heteroatoms. The normalized spacial score (nSPS) is 14.8. The molecule has 1 atom stereocenters. The summed E-state index contributed by atoms with van der Waals surface area (Å²) in [5.41, 5.74) is 5.25. The Labute approximate surface area is 98.6 Å². The van der Waals surface area contributed by atoms with Gasteiger partial charge in [-0.3, -0.25) is 0 Å². The summed E-state index contributed by atoms with van der Waals surface area (Å²) in [6.07, 6.45) is -4.32. The second kappa shape index (κ2) is 4.66. The van der Waals surface area contributed by atoms with Crippen molar-refractivity contribution in [1.29, 1.82) is 0 Å². The molecule has 2 nitrogen and oxygen atoms in total. The van der Waals surface area contributed by atoms with Crippen molar-refractivity contribution >= 4 is 0 Å². The number of nitrogens with two attached hydrogens (primary N) is 1. The van der Waals surface area contributed by atoms with Gasteiger partial charge >= 0.3 is 6.18 Å². The maximum absolute atomic E-state index is 12.4. The summed E-state index contributed by atoms with van der Waals surface area (Å²) >= 11 is 0. The third-order valence-corrected chi connectivity index (χ3v) is 2.87. The summed E-state index contributed by atoms with van der Waals surface area (Å²) in [7, 11) is 1.52. The van der Waals surface area contributed by atoms with E-state index in [0.29, 0.717) is 5.56 Å². The van der Waals surface area contributed by atoms with Gasteiger partial charge in [0.25, 0.3) is 0 Å². The first kappa shape index (κ1) is 14.0. The predicted molar refractivity (Wildman–Crippen MR) is 59.5 cm³/mol. The van der Waals surface area contributed by atoms with Crippen LogP contribution in [0.5, 0.6) is 0 Å². The minimum Gasteiger partial charge on any atom is -0.377 e. The van der Waals surface area contributed by atoms with Gasteiger partial charge in [0, 0.05) is 7.11 Å². The van der Waals surface area contributed by atoms with Crippen molar-refractivity contribution in [2.75, 3.05) is 7.11 Å². The molecule has 0 heterocycles. The number of alkyl halides is 3. The van der Waals surface area contributed by atoms with E-state index in [1.165, 1.54) is 19.2 Å². The van der Waals surface area contributed by atoms with Crippen molar-refractivity contribution < 1.29 is 17.9 Å². The number of hydrogen-bond acceptors (Lipinski definition) is 2. The molecular formula is C12H16F3NO. The zero-order valence-electron chi connectivity index (χ0n) is 10.0. The maximum Gasteiger partial charge on any atom is 0.416 e. The molecule has 1 aromatic rings. The molecule has 0 amide bonds. The summed E-state index contributed by atoms with van der Waals surface area (Å²) in [6, 6.07) is 4.35. The van der Waals surface area contributed by atoms with E-state index in [0.717, 1.165) is 12.1 Å². The lowest BCUT2D eigenvalue weighted by Crippen LogP contribution is -2.37. The summed E-state index contributed by atoms with van der Waals surface area (Å²) in [6.45, 7) is 3.57. The largest absolute Gasteiger partial charge is 0.416 e. The molecule has 0 spiro atoms. The molecule has 96 valence electrons. The van der Waals surface area contributed by atoms with E-state index in [9.17, 15) is 13.2 Å². The molecule has 1 aromatic carbocycles. The average Bonchev–Trinajstić information content (AvgIpc) is 2.27. The van der Waals surface area contributed by atoms with Crippen LogP contribution in [0.25, 0.3) is 0 Å². The van der Waals surface area contributed by atoms with Crippen molar-refractivity contribution in [3.05, 3.63) is 35.4 Å². The lowest BCUT2D eigenvalue weighted by molar-refractivity contribution is -0.137. The van der Waals surface area contributed by atoms with Crippen LogP contribution in [0.1, 0.15) is 31.0 Å². The Bertz CT molecular complexity index is 370. The number of methoxy groups -OCH3 is 1. The highest BCUT2D eigenvalue weighted by molar-refractivity contribution is 5.28. The first-order valence-corrected chi connectivity index (χ1v) is 5.16. The van der Waals surface area contributed by atoms with Crippen molar-refractivity contribution in [3.63, 3.8) is 0 Å². The van der Waals surface area contributed by atoms with Gasteiger partial charge in [0.05, 0.1) is 17.2 Å². The van der Waals surface area contributed by atoms with Gasteiger partial charge in [0.1, 0.15) is 0 Å². The molecule has 0 aliphatic carbocycles. The van der Waals surface area contributed by atoms with Crippen molar-refractivity contribution in [2.24, 2.45) is 5.73 Å². The van der Waals surface area contributed by atoms with Crippen molar-refractivity contribution in [3.8, 4) is 0 Å². The first-order chi connectivity index (χ1) is 7.68. The lowest BCUT2D eigenvalue weighted by Gasteiger charge is -2.30. The van der Waals surface area contributed by atoms with Crippen LogP contribution in [0.4, 0.5) is 13.2 Å². The number of ether oxygens (including phenoxy) is 1. The minimum absolute atomic E-state index is 0.477. The monoisotopic (exact) mass is 247 g/mol. The van der Waals surface area contributed by atoms with Crippen LogP contribution in [0.15, 0.2) is 24.3 Å². The zero-order chi connectivity index (χ0) is 13.3. The molecule has 0 saturated carbocycles. The summed E-state index contributed by atoms with van der Waals surface area (Å²) in [4.78, 5) is 0. The van der Waals surface area contributed by atoms with Gasteiger partial charge in [-0.2, -0.15) is 13.2 Å². The highest BCUT2D eigenvalue weighted by atomic mass is 19.4. The quantitative estimate of drug-likeness (QED) is 0.890. The van der Waals surface area contributed by atoms with Crippen LogP contribution in [0.2, 0.25) is 0 Å². The van der Waals surface area contributed by atoms with Gasteiger partial charge in [-0.15, -0.1) is 0 Å². The molecule has 0 fully saturated rings. The van der Waals surface area contributed by atoms with E-state index in [4.69, 9.17) is 10.5 Å². The van der Waals surface area contributed by atoms with E-state index >= 15 is 0 Å². The SMILES string of the molecule is COC(C)(C)C(N)c1ccc(C(F)(F)F)cc1. The van der Waals surface area contributed by atoms with E-state index in [-0.39, 0.29) is 0 Å². The third-order valence-electron chi connectivity index (χ3n) is 2.87. The highest BCUT2D eigenvalue weighted by Crippen LogP contribution is 2.31. The van der Waals surface area contributed by atoms with Crippen LogP contribution >= 0.6 is 0 Å². The Morgan fingerprint density at radius 1 is 1.12 bits per heavy atom. The Balaban J connectivity index is 2.96. The van der Waals surface area contributed by atoms with Gasteiger partial charge in [-0.1, -0.05) is 12.1 Å². The van der Waals surface area contributed by atoms with Gasteiger partial charge < -0.3 is 10.5 Å². The average molecular weight is 247 g/mol. The molecule has 0 aliphatic heterocycles. The number of rotatable bonds is 3. The number of benzene rings is 1. The molecule has 2 N–H and O–H groups in total. The Kier molecular flexibility index (Phi) is 3.84. The molecular weight excluding hydrogens is 231 g/mol. The Hall–Kier alpha value is -1.07. The van der Waals surface area contributed by atoms with Crippen LogP contribution in [0, 0.1) is 0 Å². The molecule has 0 aliphatic rings. The predicted octanol–water partition coefficient (Wildman–Crippen LogP) is 3.13. The lowest BCUT2D eigenvalue weighted by atomic mass is 9.92. The fraction of sp³-hybridized carbons (Fsp3) is 0.500. The number of halogens is 3. The standard InChI is InChI=1S/C12H16F3NO/c1-11(2,17-3)10(16)8-4-6-9(7-5-8)12(13,14)15/h4-7,10H,16H2,1-3H3. The van der Waals surface area contributed by atoms with Gasteiger partial charge in [0.2, 0.25) is 0 Å². The fourth-order valence-electron chi connectivity index (χ4n) is 1.41. The number of hydrogen-bond donors (Lipinski definition) is 1. The summed E-state index contributed by atoms with van der Waals surface area (Å²) in [5.74, 6) is 0. The first-order valence-electron chi connectivity index (χ1n) is 5.16. The second-order valence-corrected chi connectivity index (χ2v) is 4.41. The fourth-order valence-corrected chi connectivity index (χ4v) is 1.41. The minimum atomic E-state index is -4.32.